The van der Waals surface area contributed by atoms with Gasteiger partial charge in [0.15, 0.2) is 5.72 Å². The largest absolute Gasteiger partial charge is 0.442 e. The number of carbonyl (C=O) groups is 1. The maximum Gasteiger partial charge on any atom is 0.416 e. The van der Waals surface area contributed by atoms with Crippen molar-refractivity contribution >= 4 is 18.1 Å². The predicted octanol–water partition coefficient (Wildman–Crippen LogP) is 6.33. The molecule has 3 aromatic rings. The maximum absolute atomic E-state index is 14.1. The van der Waals surface area contributed by atoms with E-state index >= 15 is 0 Å². The number of anilines is 2. The van der Waals surface area contributed by atoms with Crippen molar-refractivity contribution in [2.24, 2.45) is 11.7 Å². The Balaban J connectivity index is 1.73. The van der Waals surface area contributed by atoms with Gasteiger partial charge in [0, 0.05) is 24.8 Å². The van der Waals surface area contributed by atoms with E-state index in [0.717, 1.165) is 29.8 Å². The Morgan fingerprint density at radius 1 is 0.936 bits per heavy atom. The molecule has 1 saturated carbocycles. The lowest BCUT2D eigenvalue weighted by atomic mass is 9.85. The van der Waals surface area contributed by atoms with Gasteiger partial charge >= 0.3 is 18.5 Å². The lowest BCUT2D eigenvalue weighted by molar-refractivity contribution is -0.143. The summed E-state index contributed by atoms with van der Waals surface area (Å²) < 4.78 is 130. The topological polar surface area (TPSA) is 102 Å². The fourth-order valence-electron chi connectivity index (χ4n) is 6.09. The van der Waals surface area contributed by atoms with Crippen LogP contribution in [0.4, 0.5) is 51.1 Å². The van der Waals surface area contributed by atoms with Gasteiger partial charge in [-0.25, -0.2) is 0 Å². The Kier molecular flexibility index (Phi) is 8.87. The van der Waals surface area contributed by atoms with Gasteiger partial charge in [-0.15, -0.1) is 5.10 Å². The fourth-order valence-corrected chi connectivity index (χ4v) is 6.09. The highest BCUT2D eigenvalue weighted by Gasteiger charge is 2.49. The molecule has 0 amide bonds. The SMILES string of the molecule is CC(C)(OC=O)N1c2ccc(C(F)(F)F)cc2C(N(Cc2cc(C(F)(F)F)cc(C(F)(F)F)c2)c2nnn(CCN)n2)CC1C1CC1. The summed E-state index contributed by atoms with van der Waals surface area (Å²) in [5.41, 5.74) is -0.0939. The minimum absolute atomic E-state index is 0.00408. The standard InChI is InChI=1S/C29H30F9N7O2/c1-26(2,47-15-46)45-22-6-5-18(27(30,31)32)12-21(22)24(13-23(45)17-3-4-17)43(25-40-42-44(41-25)8-7-39)14-16-9-19(28(33,34)35)11-20(10-16)29(36,37)38/h5-6,9-12,15,17,23-24H,3-4,7-8,13-14,39H2,1-2H3. The monoisotopic (exact) mass is 679 g/mol. The van der Waals surface area contributed by atoms with Crippen LogP contribution in [0, 0.1) is 5.92 Å². The number of halogens is 9. The molecule has 1 aliphatic carbocycles. The van der Waals surface area contributed by atoms with Crippen molar-refractivity contribution in [3.63, 3.8) is 0 Å². The van der Waals surface area contributed by atoms with E-state index in [1.807, 2.05) is 0 Å². The molecule has 1 fully saturated rings. The average molecular weight is 680 g/mol. The first-order chi connectivity index (χ1) is 21.8. The molecule has 5 rings (SSSR count). The normalized spacial score (nSPS) is 19.0. The Labute approximate surface area is 262 Å². The first-order valence-corrected chi connectivity index (χ1v) is 14.5. The number of benzene rings is 2. The van der Waals surface area contributed by atoms with Gasteiger partial charge in [-0.05, 0) is 91.8 Å². The van der Waals surface area contributed by atoms with Crippen molar-refractivity contribution in [1.29, 1.82) is 0 Å². The van der Waals surface area contributed by atoms with Gasteiger partial charge in [-0.2, -0.15) is 44.3 Å². The maximum atomic E-state index is 14.1. The third-order valence-corrected chi connectivity index (χ3v) is 8.26. The van der Waals surface area contributed by atoms with E-state index in [2.05, 4.69) is 15.4 Å². The summed E-state index contributed by atoms with van der Waals surface area (Å²) in [7, 11) is 0. The van der Waals surface area contributed by atoms with Crippen LogP contribution in [0.15, 0.2) is 36.4 Å². The number of hydrogen-bond donors (Lipinski definition) is 1. The molecule has 2 heterocycles. The van der Waals surface area contributed by atoms with Crippen molar-refractivity contribution in [3.8, 4) is 0 Å². The quantitative estimate of drug-likeness (QED) is 0.196. The van der Waals surface area contributed by atoms with E-state index in [1.54, 1.807) is 18.7 Å². The number of rotatable bonds is 10. The van der Waals surface area contributed by atoms with Crippen LogP contribution in [0.1, 0.15) is 67.0 Å². The Hall–Kier alpha value is -4.09. The van der Waals surface area contributed by atoms with Gasteiger partial charge in [0.05, 0.1) is 29.3 Å². The minimum Gasteiger partial charge on any atom is -0.442 e. The number of fused-ring (bicyclic) bond motifs is 1. The smallest absolute Gasteiger partial charge is 0.416 e. The molecule has 2 aliphatic rings. The van der Waals surface area contributed by atoms with E-state index in [4.69, 9.17) is 10.5 Å². The minimum atomic E-state index is -5.13. The van der Waals surface area contributed by atoms with Crippen LogP contribution in [-0.2, 0) is 41.1 Å². The first kappa shape index (κ1) is 34.3. The van der Waals surface area contributed by atoms with Crippen molar-refractivity contribution in [2.45, 2.75) is 82.5 Å². The molecule has 9 nitrogen and oxygen atoms in total. The van der Waals surface area contributed by atoms with Crippen LogP contribution in [0.25, 0.3) is 0 Å². The summed E-state index contributed by atoms with van der Waals surface area (Å²) in [6, 6.07) is 2.48. The molecule has 1 aliphatic heterocycles. The van der Waals surface area contributed by atoms with Gasteiger partial charge in [-0.1, -0.05) is 5.10 Å². The lowest BCUT2D eigenvalue weighted by Gasteiger charge is -2.51. The second-order valence-electron chi connectivity index (χ2n) is 12.0. The zero-order chi connectivity index (χ0) is 34.5. The summed E-state index contributed by atoms with van der Waals surface area (Å²) >= 11 is 0. The molecular weight excluding hydrogens is 649 g/mol. The molecule has 2 unspecified atom stereocenters. The van der Waals surface area contributed by atoms with Crippen LogP contribution < -0.4 is 15.5 Å². The molecule has 1 aromatic heterocycles. The van der Waals surface area contributed by atoms with Crippen molar-refractivity contribution in [3.05, 3.63) is 64.2 Å². The van der Waals surface area contributed by atoms with E-state index < -0.39 is 65.1 Å². The molecule has 47 heavy (non-hydrogen) atoms. The van der Waals surface area contributed by atoms with E-state index in [-0.39, 0.29) is 55.2 Å². The molecule has 256 valence electrons. The molecule has 0 saturated heterocycles. The summed E-state index contributed by atoms with van der Waals surface area (Å²) in [5.74, 6) is -0.250. The number of nitrogens with two attached hydrogens (primary N) is 1. The zero-order valence-corrected chi connectivity index (χ0v) is 25.0. The number of alkyl halides is 9. The molecule has 0 radical (unpaired) electrons. The van der Waals surface area contributed by atoms with E-state index in [0.29, 0.717) is 12.1 Å². The second-order valence-corrected chi connectivity index (χ2v) is 12.0. The summed E-state index contributed by atoms with van der Waals surface area (Å²) in [5, 5.41) is 12.1. The van der Waals surface area contributed by atoms with Crippen LogP contribution in [0.2, 0.25) is 0 Å². The molecular formula is C29H30F9N7O2. The summed E-state index contributed by atoms with van der Waals surface area (Å²) in [4.78, 5) is 15.5. The molecule has 2 atom stereocenters. The van der Waals surface area contributed by atoms with Gasteiger partial charge in [0.1, 0.15) is 0 Å². The first-order valence-electron chi connectivity index (χ1n) is 14.5. The number of ether oxygens (including phenoxy) is 1. The zero-order valence-electron chi connectivity index (χ0n) is 25.0. The number of carbonyl (C=O) groups excluding carboxylic acids is 1. The van der Waals surface area contributed by atoms with Gasteiger partial charge in [-0.3, -0.25) is 4.79 Å². The van der Waals surface area contributed by atoms with E-state index in [9.17, 15) is 44.3 Å². The second kappa shape index (κ2) is 12.2. The lowest BCUT2D eigenvalue weighted by Crippen LogP contribution is -2.56. The highest BCUT2D eigenvalue weighted by Crippen LogP contribution is 2.52. The van der Waals surface area contributed by atoms with Crippen molar-refractivity contribution in [2.75, 3.05) is 16.3 Å². The Bertz CT molecular complexity index is 1570. The van der Waals surface area contributed by atoms with E-state index in [1.165, 1.54) is 11.0 Å². The molecule has 0 bridgehead atoms. The molecule has 18 heteroatoms. The molecule has 2 N–H and O–H groups in total. The number of aromatic nitrogens is 4. The number of nitrogens with zero attached hydrogens (tertiary/aromatic N) is 6. The summed E-state index contributed by atoms with van der Waals surface area (Å²) in [6.07, 6.45) is -13.6. The number of tetrazole rings is 1. The van der Waals surface area contributed by atoms with Gasteiger partial charge in [0.25, 0.3) is 12.4 Å². The predicted molar refractivity (Wildman–Crippen MR) is 149 cm³/mol. The van der Waals surface area contributed by atoms with Crippen LogP contribution in [-0.4, -0.2) is 45.0 Å². The van der Waals surface area contributed by atoms with Crippen LogP contribution >= 0.6 is 0 Å². The van der Waals surface area contributed by atoms with Gasteiger partial charge < -0.3 is 20.3 Å². The van der Waals surface area contributed by atoms with Crippen LogP contribution in [0.3, 0.4) is 0 Å². The summed E-state index contributed by atoms with van der Waals surface area (Å²) in [6.45, 7) is 2.81. The molecule has 2 aromatic carbocycles. The van der Waals surface area contributed by atoms with Crippen LogP contribution in [0.5, 0.6) is 0 Å². The third-order valence-electron chi connectivity index (χ3n) is 8.26. The van der Waals surface area contributed by atoms with Gasteiger partial charge in [0.2, 0.25) is 0 Å². The highest BCUT2D eigenvalue weighted by molar-refractivity contribution is 5.64. The van der Waals surface area contributed by atoms with Crippen molar-refractivity contribution in [1.82, 2.24) is 20.2 Å². The van der Waals surface area contributed by atoms with Crippen molar-refractivity contribution < 1.29 is 49.0 Å². The Morgan fingerprint density at radius 3 is 2.09 bits per heavy atom. The number of hydrogen-bond acceptors (Lipinski definition) is 8. The fraction of sp³-hybridized carbons (Fsp3) is 0.517. The third kappa shape index (κ3) is 7.26. The average Bonchev–Trinajstić information content (AvgIpc) is 3.71. The Morgan fingerprint density at radius 2 is 1.55 bits per heavy atom. The molecule has 0 spiro atoms. The highest BCUT2D eigenvalue weighted by atomic mass is 19.4.